The lowest BCUT2D eigenvalue weighted by atomic mass is 10.3. The van der Waals surface area contributed by atoms with E-state index in [0.717, 1.165) is 0 Å². The van der Waals surface area contributed by atoms with Crippen molar-refractivity contribution in [3.8, 4) is 5.75 Å². The first-order valence-corrected chi connectivity index (χ1v) is 5.74. The van der Waals surface area contributed by atoms with Gasteiger partial charge >= 0.3 is 0 Å². The Balaban J connectivity index is 2.18. The zero-order chi connectivity index (χ0) is 12.4. The van der Waals surface area contributed by atoms with Crippen molar-refractivity contribution in [1.82, 2.24) is 14.9 Å². The van der Waals surface area contributed by atoms with Gasteiger partial charge in [0.1, 0.15) is 6.61 Å². The number of nitrogens with zero attached hydrogens (tertiary/aromatic N) is 2. The Morgan fingerprint density at radius 1 is 1.41 bits per heavy atom. The number of para-hydroxylation sites is 1. The number of halogens is 2. The van der Waals surface area contributed by atoms with Gasteiger partial charge in [-0.2, -0.15) is 5.10 Å². The van der Waals surface area contributed by atoms with Crippen LogP contribution in [0.25, 0.3) is 0 Å². The van der Waals surface area contributed by atoms with Crippen LogP contribution in [0.15, 0.2) is 18.2 Å². The van der Waals surface area contributed by atoms with Crippen molar-refractivity contribution in [2.45, 2.75) is 6.61 Å². The minimum absolute atomic E-state index is 0.118. The molecule has 0 radical (unpaired) electrons. The smallest absolute Gasteiger partial charge is 0.214 e. The molecule has 1 aromatic carbocycles. The third-order valence-electron chi connectivity index (χ3n) is 2.04. The molecule has 0 aliphatic heterocycles. The number of nitrogens with one attached hydrogen (secondary N) is 1. The highest BCUT2D eigenvalue weighted by Gasteiger charge is 2.09. The van der Waals surface area contributed by atoms with Gasteiger partial charge in [-0.1, -0.05) is 29.3 Å². The van der Waals surface area contributed by atoms with Crippen molar-refractivity contribution in [1.29, 1.82) is 0 Å². The number of H-pyrrole nitrogens is 1. The maximum atomic E-state index is 5.94. The molecule has 0 unspecified atom stereocenters. The Labute approximate surface area is 112 Å². The van der Waals surface area contributed by atoms with E-state index >= 15 is 0 Å². The van der Waals surface area contributed by atoms with Crippen molar-refractivity contribution < 1.29 is 4.74 Å². The monoisotopic (exact) mass is 290 g/mol. The average Bonchev–Trinajstić information content (AvgIpc) is 2.60. The Hall–Kier alpha value is -1.24. The van der Waals surface area contributed by atoms with Crippen LogP contribution in [0.4, 0.5) is 0 Å². The summed E-state index contributed by atoms with van der Waals surface area (Å²) in [6, 6.07) is 5.10. The van der Waals surface area contributed by atoms with E-state index in [1.807, 2.05) is 0 Å². The van der Waals surface area contributed by atoms with Crippen molar-refractivity contribution in [2.75, 3.05) is 5.84 Å². The van der Waals surface area contributed by atoms with Gasteiger partial charge in [0.2, 0.25) is 4.77 Å². The topological polar surface area (TPSA) is 68.9 Å². The Morgan fingerprint density at radius 2 is 2.06 bits per heavy atom. The second-order valence-electron chi connectivity index (χ2n) is 3.15. The largest absolute Gasteiger partial charge is 0.482 e. The summed E-state index contributed by atoms with van der Waals surface area (Å²) in [5.74, 6) is 6.46. The Kier molecular flexibility index (Phi) is 3.56. The molecule has 0 bridgehead atoms. The highest BCUT2D eigenvalue weighted by Crippen LogP contribution is 2.32. The molecule has 0 spiro atoms. The van der Waals surface area contributed by atoms with E-state index in [1.54, 1.807) is 18.2 Å². The maximum absolute atomic E-state index is 5.94. The third-order valence-corrected chi connectivity index (χ3v) is 2.93. The molecule has 0 amide bonds. The highest BCUT2D eigenvalue weighted by molar-refractivity contribution is 7.71. The first-order valence-electron chi connectivity index (χ1n) is 4.58. The predicted octanol–water partition coefficient (Wildman–Crippen LogP) is 2.54. The zero-order valence-corrected chi connectivity index (χ0v) is 10.8. The first-order chi connectivity index (χ1) is 8.09. The first kappa shape index (κ1) is 12.2. The van der Waals surface area contributed by atoms with Gasteiger partial charge in [-0.15, -0.1) is 0 Å². The molecule has 2 aromatic rings. The van der Waals surface area contributed by atoms with Crippen molar-refractivity contribution >= 4 is 35.4 Å². The van der Waals surface area contributed by atoms with Crippen LogP contribution < -0.4 is 10.6 Å². The zero-order valence-electron chi connectivity index (χ0n) is 8.48. The van der Waals surface area contributed by atoms with E-state index in [4.69, 9.17) is 46.0 Å². The van der Waals surface area contributed by atoms with E-state index in [2.05, 4.69) is 10.2 Å². The van der Waals surface area contributed by atoms with Crippen molar-refractivity contribution in [3.63, 3.8) is 0 Å². The molecule has 1 aromatic heterocycles. The summed E-state index contributed by atoms with van der Waals surface area (Å²) in [5, 5.41) is 7.30. The molecule has 0 atom stereocenters. The number of rotatable bonds is 3. The molecule has 0 saturated carbocycles. The summed E-state index contributed by atoms with van der Waals surface area (Å²) in [7, 11) is 0. The molecule has 0 fully saturated rings. The summed E-state index contributed by atoms with van der Waals surface area (Å²) >= 11 is 16.8. The van der Waals surface area contributed by atoms with Crippen LogP contribution in [0, 0.1) is 4.77 Å². The van der Waals surface area contributed by atoms with Crippen molar-refractivity contribution in [3.05, 3.63) is 38.8 Å². The molecule has 1 heterocycles. The third kappa shape index (κ3) is 2.54. The van der Waals surface area contributed by atoms with Crippen LogP contribution in [0.3, 0.4) is 0 Å². The average molecular weight is 291 g/mol. The summed E-state index contributed by atoms with van der Waals surface area (Å²) < 4.78 is 6.99. The molecular weight excluding hydrogens is 283 g/mol. The molecule has 17 heavy (non-hydrogen) atoms. The Morgan fingerprint density at radius 3 is 2.59 bits per heavy atom. The second kappa shape index (κ2) is 4.95. The minimum Gasteiger partial charge on any atom is -0.482 e. The second-order valence-corrected chi connectivity index (χ2v) is 4.36. The molecule has 90 valence electrons. The van der Waals surface area contributed by atoms with Gasteiger partial charge in [0.05, 0.1) is 10.0 Å². The molecule has 3 N–H and O–H groups in total. The van der Waals surface area contributed by atoms with Crippen LogP contribution in [-0.2, 0) is 6.61 Å². The van der Waals surface area contributed by atoms with Gasteiger partial charge < -0.3 is 10.6 Å². The number of nitrogens with two attached hydrogens (primary N) is 1. The number of aromatic amines is 1. The normalized spacial score (nSPS) is 10.5. The highest BCUT2D eigenvalue weighted by atomic mass is 35.5. The predicted molar refractivity (Wildman–Crippen MR) is 68.4 cm³/mol. The summed E-state index contributed by atoms with van der Waals surface area (Å²) in [5.41, 5.74) is 0. The fraction of sp³-hybridized carbons (Fsp3) is 0.111. The van der Waals surface area contributed by atoms with Crippen LogP contribution in [0.2, 0.25) is 10.0 Å². The number of hydrogen-bond donors (Lipinski definition) is 2. The number of hydrogen-bond acceptors (Lipinski definition) is 4. The lowest BCUT2D eigenvalue weighted by molar-refractivity contribution is 0.292. The molecule has 2 rings (SSSR count). The molecule has 0 aliphatic rings. The summed E-state index contributed by atoms with van der Waals surface area (Å²) in [4.78, 5) is 0. The summed E-state index contributed by atoms with van der Waals surface area (Å²) in [6.45, 7) is 0.118. The lowest BCUT2D eigenvalue weighted by Gasteiger charge is -2.08. The van der Waals surface area contributed by atoms with E-state index in [9.17, 15) is 0 Å². The van der Waals surface area contributed by atoms with Crippen LogP contribution in [0.1, 0.15) is 5.82 Å². The summed E-state index contributed by atoms with van der Waals surface area (Å²) in [6.07, 6.45) is 0. The fourth-order valence-electron chi connectivity index (χ4n) is 1.20. The van der Waals surface area contributed by atoms with Gasteiger partial charge in [-0.3, -0.25) is 5.10 Å². The molecular formula is C9H8Cl2N4OS. The van der Waals surface area contributed by atoms with Gasteiger partial charge in [-0.05, 0) is 24.4 Å². The molecule has 8 heteroatoms. The van der Waals surface area contributed by atoms with E-state index in [1.165, 1.54) is 4.68 Å². The van der Waals surface area contributed by atoms with Gasteiger partial charge in [0, 0.05) is 0 Å². The minimum atomic E-state index is 0.118. The molecule has 0 saturated heterocycles. The maximum Gasteiger partial charge on any atom is 0.214 e. The van der Waals surface area contributed by atoms with Crippen LogP contribution in [0.5, 0.6) is 5.75 Å². The quantitative estimate of drug-likeness (QED) is 0.673. The number of nitrogen functional groups attached to an aromatic ring is 1. The van der Waals surface area contributed by atoms with E-state index in [-0.39, 0.29) is 6.61 Å². The van der Waals surface area contributed by atoms with E-state index in [0.29, 0.717) is 26.4 Å². The van der Waals surface area contributed by atoms with Gasteiger partial charge in [0.25, 0.3) is 0 Å². The SMILES string of the molecule is Nn1c(COc2c(Cl)cccc2Cl)n[nH]c1=S. The number of ether oxygens (including phenoxy) is 1. The van der Waals surface area contributed by atoms with Gasteiger partial charge in [0.15, 0.2) is 11.6 Å². The lowest BCUT2D eigenvalue weighted by Crippen LogP contribution is -2.14. The Bertz CT molecular complexity index is 575. The van der Waals surface area contributed by atoms with Crippen LogP contribution >= 0.6 is 35.4 Å². The number of aromatic nitrogens is 3. The molecule has 0 aliphatic carbocycles. The fourth-order valence-corrected chi connectivity index (χ4v) is 1.85. The molecule has 5 nitrogen and oxygen atoms in total. The standard InChI is InChI=1S/C9H8Cl2N4OS/c10-5-2-1-3-6(11)8(5)16-4-7-13-14-9(17)15(7)12/h1-3H,4,12H2,(H,14,17). The van der Waals surface area contributed by atoms with Crippen LogP contribution in [-0.4, -0.2) is 14.9 Å². The van der Waals surface area contributed by atoms with Crippen molar-refractivity contribution in [2.24, 2.45) is 0 Å². The van der Waals surface area contributed by atoms with E-state index < -0.39 is 0 Å². The van der Waals surface area contributed by atoms with Gasteiger partial charge in [-0.25, -0.2) is 4.68 Å². The number of benzene rings is 1.